The van der Waals surface area contributed by atoms with Crippen LogP contribution < -0.4 is 10.2 Å². The van der Waals surface area contributed by atoms with Gasteiger partial charge in [0.2, 0.25) is 5.91 Å². The number of carbonyl (C=O) groups excluding carboxylic acids is 3. The number of piperazine rings is 1. The fourth-order valence-electron chi connectivity index (χ4n) is 5.38. The first kappa shape index (κ1) is 25.2. The van der Waals surface area contributed by atoms with E-state index in [1.54, 1.807) is 21.9 Å². The Morgan fingerprint density at radius 1 is 0.838 bits per heavy atom. The summed E-state index contributed by atoms with van der Waals surface area (Å²) in [5.41, 5.74) is 2.28. The third-order valence-corrected chi connectivity index (χ3v) is 7.50. The van der Waals surface area contributed by atoms with Crippen molar-refractivity contribution in [1.29, 1.82) is 0 Å². The Kier molecular flexibility index (Phi) is 7.69. The van der Waals surface area contributed by atoms with Crippen molar-refractivity contribution in [2.75, 3.05) is 62.7 Å². The Hall–Kier alpha value is -3.46. The van der Waals surface area contributed by atoms with Crippen LogP contribution >= 0.6 is 0 Å². The first-order valence-corrected chi connectivity index (χ1v) is 13.1. The average Bonchev–Trinajstić information content (AvgIpc) is 3.48. The summed E-state index contributed by atoms with van der Waals surface area (Å²) in [4.78, 5) is 44.8. The molecule has 1 aliphatic carbocycles. The lowest BCUT2D eigenvalue weighted by atomic mass is 10.1. The Bertz CT molecular complexity index is 1150. The number of morpholine rings is 1. The maximum atomic E-state index is 13.6. The van der Waals surface area contributed by atoms with Gasteiger partial charge in [-0.3, -0.25) is 14.4 Å². The van der Waals surface area contributed by atoms with Crippen molar-refractivity contribution >= 4 is 29.1 Å². The summed E-state index contributed by atoms with van der Waals surface area (Å²) in [5.74, 6) is -0.681. The van der Waals surface area contributed by atoms with Crippen LogP contribution in [0, 0.1) is 11.7 Å². The fraction of sp³-hybridized carbons (Fsp3) is 0.464. The second kappa shape index (κ2) is 11.3. The Morgan fingerprint density at radius 3 is 2.24 bits per heavy atom. The van der Waals surface area contributed by atoms with Crippen molar-refractivity contribution in [2.45, 2.75) is 25.7 Å². The molecule has 2 aromatic carbocycles. The Morgan fingerprint density at radius 2 is 1.54 bits per heavy atom. The highest BCUT2D eigenvalue weighted by Crippen LogP contribution is 2.30. The predicted octanol–water partition coefficient (Wildman–Crippen LogP) is 3.39. The van der Waals surface area contributed by atoms with Crippen LogP contribution in [-0.4, -0.2) is 80.0 Å². The molecule has 5 rings (SSSR count). The molecule has 0 spiro atoms. The van der Waals surface area contributed by atoms with Crippen molar-refractivity contribution < 1.29 is 23.5 Å². The Balaban J connectivity index is 1.33. The number of ether oxygens (including phenoxy) is 1. The van der Waals surface area contributed by atoms with Crippen molar-refractivity contribution in [3.8, 4) is 0 Å². The predicted molar refractivity (Wildman–Crippen MR) is 138 cm³/mol. The monoisotopic (exact) mass is 508 g/mol. The molecule has 0 atom stereocenters. The summed E-state index contributed by atoms with van der Waals surface area (Å²) in [6, 6.07) is 11.3. The van der Waals surface area contributed by atoms with Crippen molar-refractivity contribution in [3.05, 3.63) is 59.4 Å². The van der Waals surface area contributed by atoms with E-state index in [0.29, 0.717) is 69.3 Å². The minimum Gasteiger partial charge on any atom is -0.378 e. The molecule has 37 heavy (non-hydrogen) atoms. The SMILES string of the molecule is O=C(Nc1ccc(N2CCN(C(=O)c3cccc(F)c3)CC2)c(C(=O)N2CCOCC2)c1)C1CCCC1. The van der Waals surface area contributed by atoms with Crippen LogP contribution in [0.5, 0.6) is 0 Å². The number of nitrogens with zero attached hydrogens (tertiary/aromatic N) is 3. The van der Waals surface area contributed by atoms with Crippen LogP contribution in [0.2, 0.25) is 0 Å². The quantitative estimate of drug-likeness (QED) is 0.670. The molecule has 2 aromatic rings. The third kappa shape index (κ3) is 5.77. The largest absolute Gasteiger partial charge is 0.378 e. The highest BCUT2D eigenvalue weighted by molar-refractivity contribution is 6.02. The van der Waals surface area contributed by atoms with Gasteiger partial charge in [0.1, 0.15) is 5.82 Å². The number of hydrogen-bond acceptors (Lipinski definition) is 5. The number of carbonyl (C=O) groups is 3. The van der Waals surface area contributed by atoms with Gasteiger partial charge in [-0.25, -0.2) is 4.39 Å². The molecule has 2 aliphatic heterocycles. The normalized spacial score (nSPS) is 18.7. The van der Waals surface area contributed by atoms with E-state index in [9.17, 15) is 18.8 Å². The van der Waals surface area contributed by atoms with Gasteiger partial charge in [-0.1, -0.05) is 18.9 Å². The van der Waals surface area contributed by atoms with Crippen molar-refractivity contribution in [3.63, 3.8) is 0 Å². The van der Waals surface area contributed by atoms with Crippen molar-refractivity contribution in [2.24, 2.45) is 5.92 Å². The van der Waals surface area contributed by atoms with Gasteiger partial charge in [-0.15, -0.1) is 0 Å². The van der Waals surface area contributed by atoms with Crippen LogP contribution in [0.1, 0.15) is 46.4 Å². The van der Waals surface area contributed by atoms with E-state index in [0.717, 1.165) is 31.4 Å². The van der Waals surface area contributed by atoms with Crippen LogP contribution in [0.15, 0.2) is 42.5 Å². The second-order valence-corrected chi connectivity index (χ2v) is 9.90. The topological polar surface area (TPSA) is 82.2 Å². The summed E-state index contributed by atoms with van der Waals surface area (Å²) >= 11 is 0. The van der Waals surface area contributed by atoms with Gasteiger partial charge in [0.05, 0.1) is 18.8 Å². The molecule has 3 aliphatic rings. The van der Waals surface area contributed by atoms with Crippen LogP contribution in [0.4, 0.5) is 15.8 Å². The summed E-state index contributed by atoms with van der Waals surface area (Å²) in [6.45, 7) is 4.04. The molecule has 0 unspecified atom stereocenters. The molecule has 2 heterocycles. The average molecular weight is 509 g/mol. The number of nitrogens with one attached hydrogen (secondary N) is 1. The van der Waals surface area contributed by atoms with Crippen LogP contribution in [-0.2, 0) is 9.53 Å². The Labute approximate surface area is 216 Å². The molecular weight excluding hydrogens is 475 g/mol. The van der Waals surface area contributed by atoms with Gasteiger partial charge in [0, 0.05) is 62.1 Å². The molecular formula is C28H33FN4O4. The number of halogens is 1. The van der Waals surface area contributed by atoms with E-state index >= 15 is 0 Å². The number of hydrogen-bond donors (Lipinski definition) is 1. The molecule has 2 saturated heterocycles. The zero-order valence-corrected chi connectivity index (χ0v) is 21.0. The van der Waals surface area contributed by atoms with Gasteiger partial charge in [0.15, 0.2) is 0 Å². The molecule has 3 fully saturated rings. The molecule has 8 nitrogen and oxygen atoms in total. The van der Waals surface area contributed by atoms with Gasteiger partial charge in [-0.2, -0.15) is 0 Å². The molecule has 0 bridgehead atoms. The molecule has 0 radical (unpaired) electrons. The first-order valence-electron chi connectivity index (χ1n) is 13.1. The molecule has 196 valence electrons. The van der Waals surface area contributed by atoms with Gasteiger partial charge in [0.25, 0.3) is 11.8 Å². The smallest absolute Gasteiger partial charge is 0.256 e. The molecule has 1 saturated carbocycles. The summed E-state index contributed by atoms with van der Waals surface area (Å²) in [5, 5.41) is 3.02. The maximum Gasteiger partial charge on any atom is 0.256 e. The standard InChI is InChI=1S/C28H33FN4O4/c29-22-7-3-6-21(18-22)27(35)32-12-10-31(11-13-32)25-9-8-23(30-26(34)20-4-1-2-5-20)19-24(25)28(36)33-14-16-37-17-15-33/h3,6-9,18-20H,1-2,4-5,10-17H2,(H,30,34). The van der Waals surface area contributed by atoms with Crippen LogP contribution in [0.25, 0.3) is 0 Å². The summed E-state index contributed by atoms with van der Waals surface area (Å²) in [7, 11) is 0. The first-order chi connectivity index (χ1) is 18.0. The number of amides is 3. The third-order valence-electron chi connectivity index (χ3n) is 7.50. The number of anilines is 2. The number of benzene rings is 2. The maximum absolute atomic E-state index is 13.6. The highest BCUT2D eigenvalue weighted by atomic mass is 19.1. The minimum atomic E-state index is -0.434. The van der Waals surface area contributed by atoms with Crippen molar-refractivity contribution in [1.82, 2.24) is 9.80 Å². The van der Waals surface area contributed by atoms with E-state index in [4.69, 9.17) is 4.74 Å². The molecule has 9 heteroatoms. The number of rotatable bonds is 5. The van der Waals surface area contributed by atoms with E-state index in [1.807, 2.05) is 12.1 Å². The zero-order valence-electron chi connectivity index (χ0n) is 21.0. The van der Waals surface area contributed by atoms with Gasteiger partial charge < -0.3 is 24.8 Å². The van der Waals surface area contributed by atoms with E-state index in [1.165, 1.54) is 18.2 Å². The lowest BCUT2D eigenvalue weighted by Crippen LogP contribution is -2.49. The van der Waals surface area contributed by atoms with Gasteiger partial charge >= 0.3 is 0 Å². The van der Waals surface area contributed by atoms with E-state index < -0.39 is 5.82 Å². The minimum absolute atomic E-state index is 0.0134. The zero-order chi connectivity index (χ0) is 25.8. The second-order valence-electron chi connectivity index (χ2n) is 9.90. The highest BCUT2D eigenvalue weighted by Gasteiger charge is 2.28. The van der Waals surface area contributed by atoms with Crippen LogP contribution in [0.3, 0.4) is 0 Å². The summed E-state index contributed by atoms with van der Waals surface area (Å²) in [6.07, 6.45) is 3.96. The summed E-state index contributed by atoms with van der Waals surface area (Å²) < 4.78 is 19.0. The lowest BCUT2D eigenvalue weighted by molar-refractivity contribution is -0.119. The van der Waals surface area contributed by atoms with Gasteiger partial charge in [-0.05, 0) is 49.2 Å². The van der Waals surface area contributed by atoms with E-state index in [2.05, 4.69) is 10.2 Å². The molecule has 1 N–H and O–H groups in total. The van der Waals surface area contributed by atoms with E-state index in [-0.39, 0.29) is 23.6 Å². The fourth-order valence-corrected chi connectivity index (χ4v) is 5.38. The lowest BCUT2D eigenvalue weighted by Gasteiger charge is -2.37. The molecule has 0 aromatic heterocycles. The molecule has 3 amide bonds.